The van der Waals surface area contributed by atoms with Gasteiger partial charge in [-0.25, -0.2) is 0 Å². The Morgan fingerprint density at radius 2 is 2.07 bits per heavy atom. The van der Waals surface area contributed by atoms with E-state index in [0.29, 0.717) is 11.5 Å². The van der Waals surface area contributed by atoms with Gasteiger partial charge in [0.15, 0.2) is 0 Å². The van der Waals surface area contributed by atoms with Crippen molar-refractivity contribution in [3.8, 4) is 0 Å². The first-order valence-electron chi connectivity index (χ1n) is 5.58. The number of aromatic nitrogens is 2. The molecule has 1 aliphatic heterocycles. The van der Waals surface area contributed by atoms with E-state index in [2.05, 4.69) is 21.3 Å². The number of hydrogen-bond acceptors (Lipinski definition) is 2. The van der Waals surface area contributed by atoms with Crippen molar-refractivity contribution in [1.82, 2.24) is 15.1 Å². The van der Waals surface area contributed by atoms with Crippen LogP contribution in [0.3, 0.4) is 0 Å². The summed E-state index contributed by atoms with van der Waals surface area (Å²) in [6.07, 6.45) is 9.40. The third kappa shape index (κ3) is 1.27. The van der Waals surface area contributed by atoms with Crippen LogP contribution in [0.2, 0.25) is 0 Å². The van der Waals surface area contributed by atoms with Crippen molar-refractivity contribution in [2.24, 2.45) is 5.41 Å². The molecule has 2 heterocycles. The van der Waals surface area contributed by atoms with Crippen molar-refractivity contribution < 1.29 is 0 Å². The van der Waals surface area contributed by atoms with Gasteiger partial charge in [0.1, 0.15) is 0 Å². The van der Waals surface area contributed by atoms with Gasteiger partial charge in [-0.1, -0.05) is 0 Å². The molecule has 1 spiro atoms. The molecule has 1 aromatic rings. The molecule has 0 atom stereocenters. The Morgan fingerprint density at radius 1 is 1.29 bits per heavy atom. The second-order valence-electron chi connectivity index (χ2n) is 4.80. The fourth-order valence-electron chi connectivity index (χ4n) is 2.99. The van der Waals surface area contributed by atoms with E-state index in [9.17, 15) is 0 Å². The molecule has 76 valence electrons. The summed E-state index contributed by atoms with van der Waals surface area (Å²) in [5.41, 5.74) is 0.669. The van der Waals surface area contributed by atoms with Gasteiger partial charge in [0.2, 0.25) is 0 Å². The molecule has 1 saturated carbocycles. The summed E-state index contributed by atoms with van der Waals surface area (Å²) in [7, 11) is 0. The fraction of sp³-hybridized carbons (Fsp3) is 0.727. The molecule has 3 heteroatoms. The van der Waals surface area contributed by atoms with Gasteiger partial charge in [0, 0.05) is 12.4 Å². The molecular formula is C11H17N3. The summed E-state index contributed by atoms with van der Waals surface area (Å²) in [6, 6.07) is 2.70. The lowest BCUT2D eigenvalue weighted by molar-refractivity contribution is 0.0230. The van der Waals surface area contributed by atoms with E-state index in [0.717, 1.165) is 0 Å². The maximum atomic E-state index is 4.32. The second kappa shape index (κ2) is 3.09. The lowest BCUT2D eigenvalue weighted by atomic mass is 9.60. The first-order chi connectivity index (χ1) is 6.88. The Morgan fingerprint density at radius 3 is 2.71 bits per heavy atom. The van der Waals surface area contributed by atoms with Crippen molar-refractivity contribution in [2.45, 2.75) is 31.7 Å². The van der Waals surface area contributed by atoms with Crippen LogP contribution in [0.4, 0.5) is 0 Å². The first-order valence-corrected chi connectivity index (χ1v) is 5.58. The Balaban J connectivity index is 1.65. The molecule has 0 bridgehead atoms. The van der Waals surface area contributed by atoms with E-state index in [1.807, 2.05) is 12.3 Å². The van der Waals surface area contributed by atoms with Gasteiger partial charge in [0.05, 0.1) is 6.04 Å². The monoisotopic (exact) mass is 191 g/mol. The highest BCUT2D eigenvalue weighted by molar-refractivity contribution is 4.99. The minimum Gasteiger partial charge on any atom is -0.317 e. The molecule has 1 aliphatic carbocycles. The smallest absolute Gasteiger partial charge is 0.0529 e. The molecule has 0 unspecified atom stereocenters. The van der Waals surface area contributed by atoms with Gasteiger partial charge < -0.3 is 5.32 Å². The van der Waals surface area contributed by atoms with Gasteiger partial charge in [-0.2, -0.15) is 5.10 Å². The summed E-state index contributed by atoms with van der Waals surface area (Å²) in [5, 5.41) is 7.75. The van der Waals surface area contributed by atoms with Gasteiger partial charge in [-0.15, -0.1) is 0 Å². The van der Waals surface area contributed by atoms with Crippen molar-refractivity contribution in [1.29, 1.82) is 0 Å². The van der Waals surface area contributed by atoms with Crippen LogP contribution in [0.25, 0.3) is 0 Å². The predicted octanol–water partition coefficient (Wildman–Crippen LogP) is 1.59. The Bertz CT molecular complexity index is 290. The highest BCUT2D eigenvalue weighted by atomic mass is 15.3. The van der Waals surface area contributed by atoms with Crippen molar-refractivity contribution in [2.75, 3.05) is 13.1 Å². The maximum absolute atomic E-state index is 4.32. The SMILES string of the molecule is c1cnn(C2CC3(CCNCC3)C2)c1. The van der Waals surface area contributed by atoms with Crippen LogP contribution in [0, 0.1) is 5.41 Å². The minimum absolute atomic E-state index is 0.669. The third-order valence-electron chi connectivity index (χ3n) is 3.90. The van der Waals surface area contributed by atoms with Gasteiger partial charge in [-0.3, -0.25) is 4.68 Å². The summed E-state index contributed by atoms with van der Waals surface area (Å²) in [6.45, 7) is 2.43. The number of piperidine rings is 1. The second-order valence-corrected chi connectivity index (χ2v) is 4.80. The lowest BCUT2D eigenvalue weighted by Gasteiger charge is -2.50. The largest absolute Gasteiger partial charge is 0.317 e. The molecule has 0 amide bonds. The number of nitrogens with zero attached hydrogens (tertiary/aromatic N) is 2. The van der Waals surface area contributed by atoms with E-state index in [4.69, 9.17) is 0 Å². The molecule has 3 rings (SSSR count). The summed E-state index contributed by atoms with van der Waals surface area (Å²) in [4.78, 5) is 0. The van der Waals surface area contributed by atoms with E-state index < -0.39 is 0 Å². The van der Waals surface area contributed by atoms with E-state index in [-0.39, 0.29) is 0 Å². The van der Waals surface area contributed by atoms with Crippen LogP contribution in [-0.2, 0) is 0 Å². The average molecular weight is 191 g/mol. The average Bonchev–Trinajstić information content (AvgIpc) is 2.68. The molecule has 3 nitrogen and oxygen atoms in total. The zero-order valence-electron chi connectivity index (χ0n) is 8.45. The minimum atomic E-state index is 0.669. The van der Waals surface area contributed by atoms with E-state index in [1.54, 1.807) is 0 Å². The summed E-state index contributed by atoms with van der Waals surface area (Å²) >= 11 is 0. The number of hydrogen-bond donors (Lipinski definition) is 1. The van der Waals surface area contributed by atoms with Crippen LogP contribution >= 0.6 is 0 Å². The summed E-state index contributed by atoms with van der Waals surface area (Å²) < 4.78 is 2.13. The van der Waals surface area contributed by atoms with Crippen molar-refractivity contribution >= 4 is 0 Å². The zero-order valence-corrected chi connectivity index (χ0v) is 8.45. The Kier molecular flexibility index (Phi) is 1.87. The fourth-order valence-corrected chi connectivity index (χ4v) is 2.99. The molecule has 0 radical (unpaired) electrons. The topological polar surface area (TPSA) is 29.9 Å². The zero-order chi connectivity index (χ0) is 9.43. The van der Waals surface area contributed by atoms with Gasteiger partial charge in [-0.05, 0) is 50.3 Å². The molecule has 1 N–H and O–H groups in total. The molecule has 2 aliphatic rings. The quantitative estimate of drug-likeness (QED) is 0.730. The van der Waals surface area contributed by atoms with Crippen LogP contribution < -0.4 is 5.32 Å². The maximum Gasteiger partial charge on any atom is 0.0529 e. The van der Waals surface area contributed by atoms with Crippen molar-refractivity contribution in [3.63, 3.8) is 0 Å². The third-order valence-corrected chi connectivity index (χ3v) is 3.90. The molecule has 14 heavy (non-hydrogen) atoms. The van der Waals surface area contributed by atoms with E-state index in [1.165, 1.54) is 38.8 Å². The lowest BCUT2D eigenvalue weighted by Crippen LogP contribution is -2.46. The van der Waals surface area contributed by atoms with Crippen molar-refractivity contribution in [3.05, 3.63) is 18.5 Å². The normalized spacial score (nSPS) is 26.3. The predicted molar refractivity (Wildman–Crippen MR) is 55.0 cm³/mol. The first kappa shape index (κ1) is 8.48. The van der Waals surface area contributed by atoms with Crippen LogP contribution in [-0.4, -0.2) is 22.9 Å². The van der Waals surface area contributed by atoms with Gasteiger partial charge in [0.25, 0.3) is 0 Å². The number of nitrogens with one attached hydrogen (secondary N) is 1. The Hall–Kier alpha value is -0.830. The molecule has 1 aromatic heterocycles. The van der Waals surface area contributed by atoms with Gasteiger partial charge >= 0.3 is 0 Å². The Labute approximate surface area is 84.5 Å². The van der Waals surface area contributed by atoms with Crippen LogP contribution in [0.15, 0.2) is 18.5 Å². The standard InChI is InChI=1S/C11H17N3/c1-4-13-14(7-1)10-8-11(9-10)2-5-12-6-3-11/h1,4,7,10,12H,2-3,5-6,8-9H2. The van der Waals surface area contributed by atoms with Crippen LogP contribution in [0.1, 0.15) is 31.7 Å². The molecule has 2 fully saturated rings. The summed E-state index contributed by atoms with van der Waals surface area (Å²) in [5.74, 6) is 0. The van der Waals surface area contributed by atoms with E-state index >= 15 is 0 Å². The molecular weight excluding hydrogens is 174 g/mol. The molecule has 1 saturated heterocycles. The van der Waals surface area contributed by atoms with Crippen LogP contribution in [0.5, 0.6) is 0 Å². The highest BCUT2D eigenvalue weighted by Crippen LogP contribution is 2.53. The highest BCUT2D eigenvalue weighted by Gasteiger charge is 2.45. The molecule has 0 aromatic carbocycles. The number of rotatable bonds is 1.